The quantitative estimate of drug-likeness (QED) is 0.781. The summed E-state index contributed by atoms with van der Waals surface area (Å²) < 4.78 is 22.7. The van der Waals surface area contributed by atoms with Gasteiger partial charge < -0.3 is 0 Å². The van der Waals surface area contributed by atoms with Crippen molar-refractivity contribution in [1.29, 1.82) is 0 Å². The lowest BCUT2D eigenvalue weighted by Gasteiger charge is -2.16. The third kappa shape index (κ3) is 2.75. The summed E-state index contributed by atoms with van der Waals surface area (Å²) in [5.41, 5.74) is 0.791. The molecule has 2 rings (SSSR count). The van der Waals surface area contributed by atoms with Gasteiger partial charge in [-0.05, 0) is 37.6 Å². The fourth-order valence-electron chi connectivity index (χ4n) is 2.05. The fourth-order valence-corrected chi connectivity index (χ4v) is 3.19. The highest BCUT2D eigenvalue weighted by Gasteiger charge is 2.18. The third-order valence-electron chi connectivity index (χ3n) is 2.83. The molecule has 5 heteroatoms. The molecule has 0 radical (unpaired) electrons. The number of halogens is 1. The first-order valence-corrected chi connectivity index (χ1v) is 7.63. The minimum atomic E-state index is -3.63. The molecule has 1 aromatic carbocycles. The van der Waals surface area contributed by atoms with Crippen molar-refractivity contribution in [2.24, 2.45) is 0 Å². The summed E-state index contributed by atoms with van der Waals surface area (Å²) in [6.07, 6.45) is 2.38. The van der Waals surface area contributed by atoms with Gasteiger partial charge in [0.25, 0.3) is 9.05 Å². The monoisotopic (exact) mass is 259 g/mol. The second kappa shape index (κ2) is 4.73. The van der Waals surface area contributed by atoms with E-state index in [2.05, 4.69) is 4.90 Å². The molecular formula is C11H14ClNO2S. The van der Waals surface area contributed by atoms with E-state index in [9.17, 15) is 8.42 Å². The average Bonchev–Trinajstić information content (AvgIpc) is 2.70. The van der Waals surface area contributed by atoms with Gasteiger partial charge in [-0.15, -0.1) is 0 Å². The number of hydrogen-bond donors (Lipinski definition) is 0. The molecule has 1 fully saturated rings. The Balaban J connectivity index is 2.26. The van der Waals surface area contributed by atoms with E-state index >= 15 is 0 Å². The van der Waals surface area contributed by atoms with E-state index < -0.39 is 9.05 Å². The van der Waals surface area contributed by atoms with Crippen LogP contribution in [0.5, 0.6) is 0 Å². The maximum Gasteiger partial charge on any atom is 0.261 e. The zero-order valence-corrected chi connectivity index (χ0v) is 10.5. The van der Waals surface area contributed by atoms with Crippen molar-refractivity contribution in [3.8, 4) is 0 Å². The average molecular weight is 260 g/mol. The van der Waals surface area contributed by atoms with Gasteiger partial charge in [0.15, 0.2) is 0 Å². The van der Waals surface area contributed by atoms with Crippen molar-refractivity contribution in [3.63, 3.8) is 0 Å². The number of benzene rings is 1. The first-order valence-electron chi connectivity index (χ1n) is 5.32. The van der Waals surface area contributed by atoms with Crippen LogP contribution in [0.2, 0.25) is 0 Å². The minimum absolute atomic E-state index is 0.239. The number of hydrogen-bond acceptors (Lipinski definition) is 3. The maximum atomic E-state index is 11.4. The second-order valence-electron chi connectivity index (χ2n) is 4.03. The van der Waals surface area contributed by atoms with E-state index in [-0.39, 0.29) is 4.90 Å². The van der Waals surface area contributed by atoms with Crippen molar-refractivity contribution in [2.45, 2.75) is 24.3 Å². The molecule has 0 atom stereocenters. The van der Waals surface area contributed by atoms with Crippen LogP contribution in [0.25, 0.3) is 0 Å². The summed E-state index contributed by atoms with van der Waals surface area (Å²) in [5, 5.41) is 0. The normalized spacial score (nSPS) is 17.8. The molecule has 0 saturated carbocycles. The van der Waals surface area contributed by atoms with E-state index in [1.165, 1.54) is 12.8 Å². The molecule has 1 saturated heterocycles. The van der Waals surface area contributed by atoms with Crippen LogP contribution in [0.3, 0.4) is 0 Å². The Morgan fingerprint density at radius 2 is 1.81 bits per heavy atom. The summed E-state index contributed by atoms with van der Waals surface area (Å²) in [6.45, 7) is 2.75. The molecular weight excluding hydrogens is 246 g/mol. The molecule has 0 aromatic heterocycles. The zero-order chi connectivity index (χ0) is 11.6. The Kier molecular flexibility index (Phi) is 3.52. The molecule has 0 bridgehead atoms. The summed E-state index contributed by atoms with van der Waals surface area (Å²) in [7, 11) is 1.77. The van der Waals surface area contributed by atoms with Gasteiger partial charge in [0, 0.05) is 17.2 Å². The lowest BCUT2D eigenvalue weighted by atomic mass is 10.2. The van der Waals surface area contributed by atoms with Crippen molar-refractivity contribution < 1.29 is 8.42 Å². The standard InChI is InChI=1S/C11H14ClNO2S/c12-16(14,15)11-6-2-1-5-10(11)9-13-7-3-4-8-13/h1-2,5-6H,3-4,7-9H2. The van der Waals surface area contributed by atoms with Gasteiger partial charge in [0.2, 0.25) is 0 Å². The largest absolute Gasteiger partial charge is 0.299 e. The predicted molar refractivity (Wildman–Crippen MR) is 64.0 cm³/mol. The van der Waals surface area contributed by atoms with Gasteiger partial charge >= 0.3 is 0 Å². The Hall–Kier alpha value is -0.580. The molecule has 1 heterocycles. The second-order valence-corrected chi connectivity index (χ2v) is 6.56. The summed E-state index contributed by atoms with van der Waals surface area (Å²) >= 11 is 0. The van der Waals surface area contributed by atoms with Crippen molar-refractivity contribution >= 4 is 19.7 Å². The highest BCUT2D eigenvalue weighted by Crippen LogP contribution is 2.22. The molecule has 88 valence electrons. The van der Waals surface area contributed by atoms with E-state index in [1.54, 1.807) is 12.1 Å². The molecule has 3 nitrogen and oxygen atoms in total. The smallest absolute Gasteiger partial charge is 0.261 e. The highest BCUT2D eigenvalue weighted by molar-refractivity contribution is 8.13. The van der Waals surface area contributed by atoms with Gasteiger partial charge in [-0.2, -0.15) is 0 Å². The molecule has 0 aliphatic carbocycles. The molecule has 0 N–H and O–H groups in total. The van der Waals surface area contributed by atoms with E-state index in [1.807, 2.05) is 12.1 Å². The lowest BCUT2D eigenvalue weighted by molar-refractivity contribution is 0.328. The van der Waals surface area contributed by atoms with Gasteiger partial charge in [-0.1, -0.05) is 18.2 Å². The van der Waals surface area contributed by atoms with Gasteiger partial charge in [-0.3, -0.25) is 4.90 Å². The number of rotatable bonds is 3. The predicted octanol–water partition coefficient (Wildman–Crippen LogP) is 2.21. The van der Waals surface area contributed by atoms with E-state index in [0.717, 1.165) is 18.7 Å². The maximum absolute atomic E-state index is 11.4. The highest BCUT2D eigenvalue weighted by atomic mass is 35.7. The summed E-state index contributed by atoms with van der Waals surface area (Å²) in [6, 6.07) is 6.93. The van der Waals surface area contributed by atoms with Crippen LogP contribution in [-0.2, 0) is 15.6 Å². The SMILES string of the molecule is O=S(=O)(Cl)c1ccccc1CN1CCCC1. The number of likely N-dealkylation sites (tertiary alicyclic amines) is 1. The Labute approximate surface area is 100 Å². The first kappa shape index (κ1) is 11.9. The minimum Gasteiger partial charge on any atom is -0.299 e. The third-order valence-corrected chi connectivity index (χ3v) is 4.25. The van der Waals surface area contributed by atoms with Crippen molar-refractivity contribution in [2.75, 3.05) is 13.1 Å². The van der Waals surface area contributed by atoms with Crippen LogP contribution >= 0.6 is 10.7 Å². The van der Waals surface area contributed by atoms with Crippen LogP contribution < -0.4 is 0 Å². The van der Waals surface area contributed by atoms with Crippen LogP contribution in [0.4, 0.5) is 0 Å². The van der Waals surface area contributed by atoms with Crippen LogP contribution in [0.1, 0.15) is 18.4 Å². The van der Waals surface area contributed by atoms with Gasteiger partial charge in [0.1, 0.15) is 0 Å². The van der Waals surface area contributed by atoms with Gasteiger partial charge in [0.05, 0.1) is 4.90 Å². The van der Waals surface area contributed by atoms with E-state index in [0.29, 0.717) is 6.54 Å². The molecule has 0 amide bonds. The molecule has 16 heavy (non-hydrogen) atoms. The van der Waals surface area contributed by atoms with Crippen LogP contribution in [0, 0.1) is 0 Å². The number of nitrogens with zero attached hydrogens (tertiary/aromatic N) is 1. The summed E-state index contributed by atoms with van der Waals surface area (Å²) in [5.74, 6) is 0. The Morgan fingerprint density at radius 1 is 1.19 bits per heavy atom. The first-order chi connectivity index (χ1) is 7.57. The lowest BCUT2D eigenvalue weighted by Crippen LogP contribution is -2.19. The molecule has 0 unspecified atom stereocenters. The summed E-state index contributed by atoms with van der Waals surface area (Å²) in [4.78, 5) is 2.49. The molecule has 1 aliphatic heterocycles. The Morgan fingerprint density at radius 3 is 2.44 bits per heavy atom. The van der Waals surface area contributed by atoms with Crippen LogP contribution in [0.15, 0.2) is 29.2 Å². The molecule has 1 aromatic rings. The van der Waals surface area contributed by atoms with Crippen molar-refractivity contribution in [3.05, 3.63) is 29.8 Å². The molecule has 1 aliphatic rings. The van der Waals surface area contributed by atoms with E-state index in [4.69, 9.17) is 10.7 Å². The zero-order valence-electron chi connectivity index (χ0n) is 8.89. The van der Waals surface area contributed by atoms with Crippen molar-refractivity contribution in [1.82, 2.24) is 4.90 Å². The topological polar surface area (TPSA) is 37.4 Å². The fraction of sp³-hybridized carbons (Fsp3) is 0.455. The van der Waals surface area contributed by atoms with Crippen LogP contribution in [-0.4, -0.2) is 26.4 Å². The van der Waals surface area contributed by atoms with Gasteiger partial charge in [-0.25, -0.2) is 8.42 Å². The molecule has 0 spiro atoms. The Bertz CT molecular complexity index is 467.